The number of hydrogen-bond donors (Lipinski definition) is 2. The van der Waals surface area contributed by atoms with Crippen molar-refractivity contribution in [1.82, 2.24) is 9.71 Å². The highest BCUT2D eigenvalue weighted by molar-refractivity contribution is 7.89. The average molecular weight is 365 g/mol. The van der Waals surface area contributed by atoms with Crippen molar-refractivity contribution in [3.05, 3.63) is 17.8 Å². The van der Waals surface area contributed by atoms with E-state index in [-0.39, 0.29) is 11.7 Å². The van der Waals surface area contributed by atoms with Crippen molar-refractivity contribution >= 4 is 32.4 Å². The SMILES string of the molecule is CC(=O)Nc1nc(C)c(-c2ccc(S(=O)(=O)NCC(F)F)o2)s1. The van der Waals surface area contributed by atoms with Crippen LogP contribution in [-0.2, 0) is 14.8 Å². The Hall–Kier alpha value is -1.85. The lowest BCUT2D eigenvalue weighted by Crippen LogP contribution is -2.28. The summed E-state index contributed by atoms with van der Waals surface area (Å²) in [5.41, 5.74) is 0.539. The molecule has 2 rings (SSSR count). The monoisotopic (exact) mass is 365 g/mol. The molecule has 0 unspecified atom stereocenters. The summed E-state index contributed by atoms with van der Waals surface area (Å²) in [5, 5.41) is 2.40. The Morgan fingerprint density at radius 3 is 2.74 bits per heavy atom. The summed E-state index contributed by atoms with van der Waals surface area (Å²) >= 11 is 1.11. The van der Waals surface area contributed by atoms with Crippen molar-refractivity contribution in [2.24, 2.45) is 0 Å². The molecule has 0 spiro atoms. The van der Waals surface area contributed by atoms with Crippen LogP contribution in [0.15, 0.2) is 21.6 Å². The summed E-state index contributed by atoms with van der Waals surface area (Å²) < 4.78 is 54.8. The molecule has 2 N–H and O–H groups in total. The second-order valence-corrected chi connectivity index (χ2v) is 7.17. The third-order valence-corrected chi connectivity index (χ3v) is 4.96. The van der Waals surface area contributed by atoms with Gasteiger partial charge in [-0.2, -0.15) is 0 Å². The number of rotatable bonds is 6. The van der Waals surface area contributed by atoms with Crippen LogP contribution in [0.25, 0.3) is 10.6 Å². The molecule has 1 amide bonds. The molecular weight excluding hydrogens is 352 g/mol. The van der Waals surface area contributed by atoms with E-state index in [2.05, 4.69) is 10.3 Å². The lowest BCUT2D eigenvalue weighted by Gasteiger charge is -2.02. The van der Waals surface area contributed by atoms with Gasteiger partial charge in [-0.15, -0.1) is 0 Å². The first kappa shape index (κ1) is 17.5. The van der Waals surface area contributed by atoms with E-state index < -0.39 is 28.1 Å². The minimum absolute atomic E-state index is 0.217. The van der Waals surface area contributed by atoms with Crippen molar-refractivity contribution in [2.75, 3.05) is 11.9 Å². The number of hydrogen-bond acceptors (Lipinski definition) is 6. The number of sulfonamides is 1. The first-order valence-electron chi connectivity index (χ1n) is 6.32. The number of amides is 1. The molecule has 2 aromatic rings. The van der Waals surface area contributed by atoms with Gasteiger partial charge in [0.1, 0.15) is 5.76 Å². The second kappa shape index (κ2) is 6.72. The Bertz CT molecular complexity index is 814. The predicted molar refractivity (Wildman–Crippen MR) is 80.0 cm³/mol. The van der Waals surface area contributed by atoms with E-state index >= 15 is 0 Å². The van der Waals surface area contributed by atoms with E-state index in [9.17, 15) is 22.0 Å². The van der Waals surface area contributed by atoms with Gasteiger partial charge >= 0.3 is 0 Å². The van der Waals surface area contributed by atoms with Crippen molar-refractivity contribution in [2.45, 2.75) is 25.4 Å². The van der Waals surface area contributed by atoms with Crippen LogP contribution in [0.1, 0.15) is 12.6 Å². The first-order chi connectivity index (χ1) is 10.7. The molecule has 0 fully saturated rings. The smallest absolute Gasteiger partial charge is 0.274 e. The molecule has 0 bridgehead atoms. The molecule has 2 heterocycles. The number of halogens is 2. The molecular formula is C12H13F2N3O4S2. The zero-order chi connectivity index (χ0) is 17.2. The van der Waals surface area contributed by atoms with Gasteiger partial charge in [0.15, 0.2) is 5.13 Å². The number of furan rings is 1. The largest absolute Gasteiger partial charge is 0.442 e. The van der Waals surface area contributed by atoms with Crippen LogP contribution < -0.4 is 10.0 Å². The molecule has 11 heteroatoms. The number of nitrogens with one attached hydrogen (secondary N) is 2. The third kappa shape index (κ3) is 4.33. The van der Waals surface area contributed by atoms with Gasteiger partial charge in [0.25, 0.3) is 16.4 Å². The molecule has 2 aromatic heterocycles. The number of aromatic nitrogens is 1. The van der Waals surface area contributed by atoms with Gasteiger partial charge in [-0.3, -0.25) is 4.79 Å². The molecule has 7 nitrogen and oxygen atoms in total. The molecule has 0 aliphatic carbocycles. The number of aryl methyl sites for hydroxylation is 1. The molecule has 0 radical (unpaired) electrons. The second-order valence-electron chi connectivity index (χ2n) is 4.48. The molecule has 0 aromatic carbocycles. The normalized spacial score (nSPS) is 11.9. The first-order valence-corrected chi connectivity index (χ1v) is 8.62. The van der Waals surface area contributed by atoms with Crippen LogP contribution in [-0.4, -0.2) is 32.3 Å². The van der Waals surface area contributed by atoms with E-state index in [1.807, 2.05) is 0 Å². The highest BCUT2D eigenvalue weighted by Crippen LogP contribution is 2.34. The molecule has 0 atom stereocenters. The van der Waals surface area contributed by atoms with Gasteiger partial charge in [0.2, 0.25) is 11.0 Å². The highest BCUT2D eigenvalue weighted by Gasteiger charge is 2.22. The summed E-state index contributed by atoms with van der Waals surface area (Å²) in [5.74, 6) is -0.0711. The van der Waals surface area contributed by atoms with Gasteiger partial charge in [0.05, 0.1) is 17.1 Å². The Balaban J connectivity index is 2.25. The van der Waals surface area contributed by atoms with Gasteiger partial charge in [-0.05, 0) is 19.1 Å². The van der Waals surface area contributed by atoms with Crippen LogP contribution >= 0.6 is 11.3 Å². The van der Waals surface area contributed by atoms with Crippen LogP contribution in [0.2, 0.25) is 0 Å². The Labute approximate surface area is 134 Å². The molecule has 23 heavy (non-hydrogen) atoms. The van der Waals surface area contributed by atoms with Gasteiger partial charge in [0, 0.05) is 6.92 Å². The summed E-state index contributed by atoms with van der Waals surface area (Å²) in [6.07, 6.45) is -2.80. The van der Waals surface area contributed by atoms with Gasteiger partial charge < -0.3 is 9.73 Å². The van der Waals surface area contributed by atoms with E-state index in [1.165, 1.54) is 19.1 Å². The minimum atomic E-state index is -4.15. The Morgan fingerprint density at radius 2 is 2.13 bits per heavy atom. The van der Waals surface area contributed by atoms with E-state index in [0.717, 1.165) is 11.3 Å². The van der Waals surface area contributed by atoms with Crippen LogP contribution in [0.4, 0.5) is 13.9 Å². The van der Waals surface area contributed by atoms with Crippen molar-refractivity contribution in [3.63, 3.8) is 0 Å². The molecule has 0 aliphatic heterocycles. The van der Waals surface area contributed by atoms with Crippen LogP contribution in [0, 0.1) is 6.92 Å². The lowest BCUT2D eigenvalue weighted by atomic mass is 10.3. The fraction of sp³-hybridized carbons (Fsp3) is 0.333. The van der Waals surface area contributed by atoms with Crippen molar-refractivity contribution < 1.29 is 26.4 Å². The summed E-state index contributed by atoms with van der Waals surface area (Å²) in [4.78, 5) is 15.7. The van der Waals surface area contributed by atoms with E-state index in [0.29, 0.717) is 15.7 Å². The number of nitrogens with zero attached hydrogens (tertiary/aromatic N) is 1. The van der Waals surface area contributed by atoms with Crippen LogP contribution in [0.5, 0.6) is 0 Å². The molecule has 126 valence electrons. The predicted octanol–water partition coefficient (Wildman–Crippen LogP) is 2.21. The topological polar surface area (TPSA) is 101 Å². The molecule has 0 aliphatic rings. The number of alkyl halides is 2. The van der Waals surface area contributed by atoms with Crippen molar-refractivity contribution in [1.29, 1.82) is 0 Å². The summed E-state index contributed by atoms with van der Waals surface area (Å²) in [6, 6.07) is 2.56. The lowest BCUT2D eigenvalue weighted by molar-refractivity contribution is -0.114. The number of carbonyl (C=O) groups excluding carboxylic acids is 1. The summed E-state index contributed by atoms with van der Waals surface area (Å²) in [6.45, 7) is 2.01. The number of anilines is 1. The van der Waals surface area contributed by atoms with E-state index in [4.69, 9.17) is 4.42 Å². The zero-order valence-electron chi connectivity index (χ0n) is 12.1. The maximum absolute atomic E-state index is 12.1. The molecule has 0 saturated heterocycles. The number of carbonyl (C=O) groups is 1. The minimum Gasteiger partial charge on any atom is -0.442 e. The third-order valence-electron chi connectivity index (χ3n) is 2.58. The van der Waals surface area contributed by atoms with Crippen LogP contribution in [0.3, 0.4) is 0 Å². The molecule has 0 saturated carbocycles. The Kier molecular flexibility index (Phi) is 5.12. The maximum Gasteiger partial charge on any atom is 0.274 e. The highest BCUT2D eigenvalue weighted by atomic mass is 32.2. The fourth-order valence-electron chi connectivity index (χ4n) is 1.66. The quantitative estimate of drug-likeness (QED) is 0.817. The van der Waals surface area contributed by atoms with E-state index in [1.54, 1.807) is 11.6 Å². The number of thiazole rings is 1. The van der Waals surface area contributed by atoms with Crippen molar-refractivity contribution in [3.8, 4) is 10.6 Å². The summed E-state index contributed by atoms with van der Waals surface area (Å²) in [7, 11) is -4.15. The standard InChI is InChI=1S/C12H13F2N3O4S2/c1-6-11(22-12(16-6)17-7(2)18)8-3-4-10(21-8)23(19,20)15-5-9(13)14/h3-4,9,15H,5H2,1-2H3,(H,16,17,18). The van der Waals surface area contributed by atoms with Gasteiger partial charge in [-0.25, -0.2) is 26.9 Å². The maximum atomic E-state index is 12.1. The Morgan fingerprint density at radius 1 is 1.43 bits per heavy atom. The fourth-order valence-corrected chi connectivity index (χ4v) is 3.57. The van der Waals surface area contributed by atoms with Gasteiger partial charge in [-0.1, -0.05) is 11.3 Å². The zero-order valence-corrected chi connectivity index (χ0v) is 13.7. The average Bonchev–Trinajstić information content (AvgIpc) is 3.03.